The Morgan fingerprint density at radius 1 is 0.337 bits per heavy atom. The highest BCUT2D eigenvalue weighted by Gasteiger charge is 2.22. The second-order valence-electron chi connectivity index (χ2n) is 25.3. The first-order chi connectivity index (χ1) is 56.3. The number of benzene rings is 8. The summed E-state index contributed by atoms with van der Waals surface area (Å²) in [6.45, 7) is 9.49. The van der Waals surface area contributed by atoms with E-state index in [1.54, 1.807) is 62.2 Å². The molecule has 4 heterocycles. The third-order valence-corrected chi connectivity index (χ3v) is 16.7. The van der Waals surface area contributed by atoms with Gasteiger partial charge in [-0.2, -0.15) is 0 Å². The molecule has 8 aromatic carbocycles. The van der Waals surface area contributed by atoms with E-state index in [0.29, 0.717) is 55.9 Å². The molecule has 0 spiro atoms. The second-order valence-corrected chi connectivity index (χ2v) is 25.3. The van der Waals surface area contributed by atoms with Gasteiger partial charge in [-0.15, -0.1) is 0 Å². The molecule has 0 N–H and O–H groups in total. The number of hydrogen-bond donors (Lipinski definition) is 0. The summed E-state index contributed by atoms with van der Waals surface area (Å²) in [5.74, 6) is 0. The molecule has 0 unspecified atom stereocenters. The molecular weight excluding hydrogens is 1150 g/mol. The van der Waals surface area contributed by atoms with Crippen molar-refractivity contribution in [2.45, 2.75) is 123 Å². The Morgan fingerprint density at radius 2 is 0.716 bits per heavy atom. The van der Waals surface area contributed by atoms with E-state index in [1.807, 2.05) is 94.0 Å². The lowest BCUT2D eigenvalue weighted by Crippen LogP contribution is -2.32. The summed E-state index contributed by atoms with van der Waals surface area (Å²) in [4.78, 5) is 0. The van der Waals surface area contributed by atoms with Gasteiger partial charge in [-0.05, 0) is 237 Å². The lowest BCUT2D eigenvalue weighted by atomic mass is 9.88. The highest BCUT2D eigenvalue weighted by Crippen LogP contribution is 2.36. The number of pyridine rings is 4. The first-order valence-electron chi connectivity index (χ1n) is 45.1. The second kappa shape index (κ2) is 30.6. The van der Waals surface area contributed by atoms with E-state index < -0.39 is 106 Å². The molecule has 0 atom stereocenters. The van der Waals surface area contributed by atoms with Gasteiger partial charge in [0.2, 0.25) is 22.8 Å². The molecule has 95 heavy (non-hydrogen) atoms. The van der Waals surface area contributed by atoms with E-state index in [0.717, 1.165) is 28.8 Å². The van der Waals surface area contributed by atoms with E-state index in [2.05, 4.69) is 94.0 Å². The molecule has 0 amide bonds. The molecule has 0 radical (unpaired) electrons. The van der Waals surface area contributed by atoms with Crippen LogP contribution in [-0.4, -0.2) is 0 Å². The van der Waals surface area contributed by atoms with Gasteiger partial charge in [0, 0.05) is 92.1 Å². The first kappa shape index (κ1) is 41.9. The average molecular weight is 1280 g/mol. The fourth-order valence-electron chi connectivity index (χ4n) is 11.8. The normalized spacial score (nSPS) is 16.0. The first-order valence-corrected chi connectivity index (χ1v) is 31.6. The zero-order chi connectivity index (χ0) is 91.4. The summed E-state index contributed by atoms with van der Waals surface area (Å²) in [6.07, 6.45) is 6.65. The van der Waals surface area contributed by atoms with Crippen molar-refractivity contribution >= 4 is 0 Å². The van der Waals surface area contributed by atoms with Crippen LogP contribution in [0.5, 0.6) is 0 Å². The zero-order valence-corrected chi connectivity index (χ0v) is 57.2. The maximum absolute atomic E-state index is 8.57. The quantitative estimate of drug-likeness (QED) is 0.121. The van der Waals surface area contributed by atoms with E-state index in [9.17, 15) is 0 Å². The summed E-state index contributed by atoms with van der Waals surface area (Å²) in [5.41, 5.74) is 18.9. The molecule has 0 saturated carbocycles. The van der Waals surface area contributed by atoms with Crippen LogP contribution in [0, 0.1) is 88.1 Å². The van der Waals surface area contributed by atoms with Crippen LogP contribution in [0.25, 0.3) is 89.5 Å². The zero-order valence-electron chi connectivity index (χ0n) is 84.2. The molecule has 12 aromatic rings. The van der Waals surface area contributed by atoms with Crippen LogP contribution in [0.2, 0.25) is 0 Å². The van der Waals surface area contributed by atoms with Crippen LogP contribution in [0.15, 0.2) is 231 Å². The summed E-state index contributed by atoms with van der Waals surface area (Å²) in [6, 6.07) is 39.9. The molecule has 0 fully saturated rings. The molecule has 0 aliphatic heterocycles. The van der Waals surface area contributed by atoms with Gasteiger partial charge in [0.05, 0.1) is 13.7 Å². The van der Waals surface area contributed by atoms with Gasteiger partial charge in [-0.3, -0.25) is 0 Å². The molecule has 4 nitrogen and oxygen atoms in total. The highest BCUT2D eigenvalue weighted by molar-refractivity contribution is 5.79. The molecule has 4 aromatic heterocycles. The van der Waals surface area contributed by atoms with Crippen LogP contribution < -0.4 is 18.3 Å². The molecule has 0 saturated heterocycles. The van der Waals surface area contributed by atoms with Crippen molar-refractivity contribution in [1.82, 2.24) is 0 Å². The largest absolute Gasteiger partial charge is 0.212 e. The third-order valence-electron chi connectivity index (χ3n) is 16.7. The van der Waals surface area contributed by atoms with Gasteiger partial charge >= 0.3 is 0 Å². The predicted molar refractivity (Wildman–Crippen MR) is 403 cm³/mol. The van der Waals surface area contributed by atoms with E-state index in [-0.39, 0.29) is 44.5 Å². The predicted octanol–water partition coefficient (Wildman–Crippen LogP) is 21.2. The van der Waals surface area contributed by atoms with Crippen molar-refractivity contribution in [2.24, 2.45) is 33.6 Å². The van der Waals surface area contributed by atoms with E-state index in [1.165, 1.54) is 87.4 Å². The minimum Gasteiger partial charge on any atom is -0.201 e. The molecule has 12 rings (SSSR count). The van der Waals surface area contributed by atoms with Gasteiger partial charge in [-0.25, -0.2) is 18.3 Å². The van der Waals surface area contributed by atoms with E-state index in [4.69, 9.17) is 37.0 Å². The van der Waals surface area contributed by atoms with Gasteiger partial charge in [0.15, 0.2) is 24.8 Å². The number of aryl methyl sites for hydroxylation is 17. The third kappa shape index (κ3) is 17.0. The van der Waals surface area contributed by atoms with Gasteiger partial charge in [0.25, 0.3) is 0 Å². The van der Waals surface area contributed by atoms with Crippen molar-refractivity contribution in [3.8, 4) is 89.5 Å². The van der Waals surface area contributed by atoms with Crippen LogP contribution in [0.4, 0.5) is 0 Å². The van der Waals surface area contributed by atoms with Crippen molar-refractivity contribution in [1.29, 1.82) is 0 Å². The fraction of sp³-hybridized carbons (Fsp3) is 0.253. The maximum Gasteiger partial charge on any atom is 0.212 e. The van der Waals surface area contributed by atoms with Crippen LogP contribution >= 0.6 is 0 Å². The van der Waals surface area contributed by atoms with E-state index >= 15 is 0 Å². The lowest BCUT2D eigenvalue weighted by molar-refractivity contribution is -0.661. The smallest absolute Gasteiger partial charge is 0.201 e. The number of aromatic nitrogens is 4. The minimum atomic E-state index is -2.61. The fourth-order valence-corrected chi connectivity index (χ4v) is 11.8. The van der Waals surface area contributed by atoms with Crippen molar-refractivity contribution in [3.63, 3.8) is 0 Å². The Bertz CT molecular complexity index is 5930. The highest BCUT2D eigenvalue weighted by atomic mass is 14.9. The van der Waals surface area contributed by atoms with Gasteiger partial charge in [0.1, 0.15) is 28.2 Å². The number of rotatable bonds is 10. The molecule has 0 aliphatic carbocycles. The van der Waals surface area contributed by atoms with Gasteiger partial charge in [-0.1, -0.05) is 173 Å². The maximum atomic E-state index is 8.57. The molecule has 482 valence electrons. The minimum absolute atomic E-state index is 0.00694. The standard InChI is InChI=1S/C25H30N.C23H26N.C22H24N.C21H22N/c1-18-14-19(2)23(15-22(18)21-10-8-7-9-11-21)24-13-12-20(17-26(24)6)16-25(3,4)5;1-6-19-15-24(5)23(13-16(19)2)22-14-21(17(3)12-18(22)4)20-10-8-7-9-11-20;1-15-12-22(23(5)14-18(15)4)21-13-20(16(2)11-17(21)3)19-9-7-6-8-10-19;1-15-10-11-21(22(4)14-15)20-13-19(16(2)12-17(20)3)18-8-6-5-7-9-18/h7-15,17H,16H2,1-6H3;7-15H,6H2,1-5H3;6-14H,1-5H3;5-14H,1-4H3/q4*+1/i1D3,16D2;;2D3,4D3,6D,7D,8D,9D,10D;1D3,2D3,5D,6D,7D,8D,9D. The average Bonchev–Trinajstić information content (AvgIpc) is 0.749. The van der Waals surface area contributed by atoms with Crippen LogP contribution in [0.3, 0.4) is 0 Å². The Morgan fingerprint density at radius 3 is 1.14 bits per heavy atom. The molecule has 0 bridgehead atoms. The summed E-state index contributed by atoms with van der Waals surface area (Å²) in [5, 5.41) is 0. The Labute approximate surface area is 608 Å². The lowest BCUT2D eigenvalue weighted by Gasteiger charge is -2.17. The van der Waals surface area contributed by atoms with Crippen LogP contribution in [-0.2, 0) is 41.0 Å². The van der Waals surface area contributed by atoms with Crippen LogP contribution in [0.1, 0.15) is 143 Å². The summed E-state index contributed by atoms with van der Waals surface area (Å²) >= 11 is 0. The topological polar surface area (TPSA) is 15.5 Å². The number of hydrogen-bond acceptors (Lipinski definition) is 0. The Kier molecular flexibility index (Phi) is 13.5. The molecular formula is C91H102N4+4. The monoisotopic (exact) mass is 1280 g/mol. The SMILES string of the molecule is CCc1c[n+](C)c(-c2cc(-c3ccccc3)c(C)cc2C)cc1C.[2H]C([2H])([2H])c1cc(C)c(-c2ccc(C([2H])([2H])C(C)(C)C)c[n+]2C)cc1-c1ccccc1.[2H]c1c([2H])c([2H])c(-c2cc(-c3cc(C)c(C([2H])([2H])[2H])c[n+]3C)c(C)cc2C([2H])([2H])[2H])c([2H])c1[2H].[2H]c1c([2H])c([2H])c(-c2cc(-c3ccc(C([2H])([2H])[2H])c[n+]3C)c(C)cc2C([2H])([2H])[2H])c([2H])c1[2H]. The summed E-state index contributed by atoms with van der Waals surface area (Å²) < 4.78 is 224. The van der Waals surface area contributed by atoms with Crippen molar-refractivity contribution < 1.29 is 55.3 Å². The number of nitrogens with zero attached hydrogens (tertiary/aromatic N) is 4. The Hall–Kier alpha value is -9.64. The summed E-state index contributed by atoms with van der Waals surface area (Å²) in [7, 11) is 7.38. The Balaban J connectivity index is 0.000000186. The molecule has 0 aliphatic rings. The van der Waals surface area contributed by atoms with Gasteiger partial charge < -0.3 is 0 Å². The molecule has 4 heteroatoms. The van der Waals surface area contributed by atoms with Crippen molar-refractivity contribution in [3.05, 3.63) is 309 Å². The van der Waals surface area contributed by atoms with Crippen molar-refractivity contribution in [2.75, 3.05) is 0 Å².